The Balaban J connectivity index is 1.84. The molecule has 3 rings (SSSR count). The third-order valence-electron chi connectivity index (χ3n) is 4.89. The lowest BCUT2D eigenvalue weighted by Crippen LogP contribution is -2.54. The van der Waals surface area contributed by atoms with Crippen molar-refractivity contribution in [3.63, 3.8) is 0 Å². The van der Waals surface area contributed by atoms with Crippen molar-refractivity contribution in [1.82, 2.24) is 19.7 Å². The van der Waals surface area contributed by atoms with E-state index in [4.69, 9.17) is 5.73 Å². The van der Waals surface area contributed by atoms with Gasteiger partial charge in [0.05, 0.1) is 6.54 Å². The molecule has 1 aromatic rings. The number of halogens is 3. The summed E-state index contributed by atoms with van der Waals surface area (Å²) in [4.78, 5) is 2.21. The summed E-state index contributed by atoms with van der Waals surface area (Å²) < 4.78 is 39.7. The van der Waals surface area contributed by atoms with Gasteiger partial charge in [0.25, 0.3) is 0 Å². The Bertz CT molecular complexity index is 526. The summed E-state index contributed by atoms with van der Waals surface area (Å²) in [6.07, 6.45) is -1.32. The van der Waals surface area contributed by atoms with Crippen LogP contribution in [0.4, 0.5) is 13.2 Å². The van der Waals surface area contributed by atoms with Crippen molar-refractivity contribution in [2.24, 2.45) is 11.7 Å². The Hall–Kier alpha value is -1.15. The highest BCUT2D eigenvalue weighted by molar-refractivity contribution is 5.06. The van der Waals surface area contributed by atoms with Gasteiger partial charge in [0, 0.05) is 25.2 Å². The smallest absolute Gasteiger partial charge is 0.329 e. The second-order valence-electron chi connectivity index (χ2n) is 6.29. The Kier molecular flexibility index (Phi) is 3.48. The zero-order chi connectivity index (χ0) is 15.3. The Labute approximate surface area is 121 Å². The van der Waals surface area contributed by atoms with Crippen LogP contribution in [-0.4, -0.2) is 38.3 Å². The summed E-state index contributed by atoms with van der Waals surface area (Å²) in [5.41, 5.74) is 5.90. The predicted octanol–water partition coefficient (Wildman–Crippen LogP) is 1.63. The highest BCUT2D eigenvalue weighted by atomic mass is 19.4. The van der Waals surface area contributed by atoms with Crippen LogP contribution in [0.2, 0.25) is 0 Å². The molecule has 2 heterocycles. The molecule has 0 aromatic carbocycles. The first-order chi connectivity index (χ1) is 9.86. The van der Waals surface area contributed by atoms with Crippen LogP contribution in [0.1, 0.15) is 37.8 Å². The van der Waals surface area contributed by atoms with Crippen molar-refractivity contribution in [2.75, 3.05) is 13.1 Å². The number of alkyl halides is 3. The molecule has 118 valence electrons. The van der Waals surface area contributed by atoms with Crippen molar-refractivity contribution in [2.45, 2.75) is 51.0 Å². The molecule has 0 saturated heterocycles. The van der Waals surface area contributed by atoms with Crippen LogP contribution in [0.15, 0.2) is 0 Å². The van der Waals surface area contributed by atoms with E-state index in [0.29, 0.717) is 31.4 Å². The number of nitrogens with zero attached hydrogens (tertiary/aromatic N) is 4. The summed E-state index contributed by atoms with van der Waals surface area (Å²) in [5, 5.41) is 7.06. The fourth-order valence-corrected chi connectivity index (χ4v) is 3.74. The maximum Gasteiger partial charge on any atom is 0.451 e. The number of hydrogen-bond donors (Lipinski definition) is 1. The lowest BCUT2D eigenvalue weighted by atomic mass is 9.93. The highest BCUT2D eigenvalue weighted by Crippen LogP contribution is 2.40. The lowest BCUT2D eigenvalue weighted by Gasteiger charge is -2.43. The monoisotopic (exact) mass is 303 g/mol. The number of aromatic nitrogens is 3. The maximum atomic E-state index is 12.8. The maximum absolute atomic E-state index is 12.8. The first-order valence-electron chi connectivity index (χ1n) is 7.30. The van der Waals surface area contributed by atoms with E-state index >= 15 is 0 Å². The molecule has 0 amide bonds. The van der Waals surface area contributed by atoms with Gasteiger partial charge in [-0.25, -0.2) is 0 Å². The van der Waals surface area contributed by atoms with Crippen molar-refractivity contribution in [1.29, 1.82) is 0 Å². The van der Waals surface area contributed by atoms with Crippen molar-refractivity contribution in [3.05, 3.63) is 11.6 Å². The summed E-state index contributed by atoms with van der Waals surface area (Å²) >= 11 is 0. The topological polar surface area (TPSA) is 60.0 Å². The zero-order valence-corrected chi connectivity index (χ0v) is 12.0. The van der Waals surface area contributed by atoms with Gasteiger partial charge < -0.3 is 10.3 Å². The van der Waals surface area contributed by atoms with Gasteiger partial charge >= 0.3 is 6.18 Å². The lowest BCUT2D eigenvalue weighted by molar-refractivity contribution is -0.148. The van der Waals surface area contributed by atoms with Gasteiger partial charge in [-0.2, -0.15) is 13.2 Å². The molecule has 1 saturated carbocycles. The fourth-order valence-electron chi connectivity index (χ4n) is 3.74. The third-order valence-corrected chi connectivity index (χ3v) is 4.89. The molecule has 5 nitrogen and oxygen atoms in total. The van der Waals surface area contributed by atoms with Crippen LogP contribution < -0.4 is 5.73 Å². The van der Waals surface area contributed by atoms with Gasteiger partial charge in [-0.1, -0.05) is 6.92 Å². The van der Waals surface area contributed by atoms with Gasteiger partial charge in [0.2, 0.25) is 5.82 Å². The highest BCUT2D eigenvalue weighted by Gasteiger charge is 2.45. The molecule has 2 unspecified atom stereocenters. The third kappa shape index (κ3) is 2.44. The quantitative estimate of drug-likeness (QED) is 0.902. The second-order valence-corrected chi connectivity index (χ2v) is 6.29. The standard InChI is InChI=1S/C13H20F3N5/c1-9-2-3-12(6-9,8-17)20-4-5-21-10(7-20)18-19-11(21)13(14,15)16/h9H,2-8,17H2,1H3. The van der Waals surface area contributed by atoms with E-state index in [9.17, 15) is 13.2 Å². The molecule has 2 N–H and O–H groups in total. The Morgan fingerprint density at radius 1 is 1.33 bits per heavy atom. The van der Waals surface area contributed by atoms with Gasteiger partial charge in [-0.05, 0) is 25.2 Å². The van der Waals surface area contributed by atoms with Crippen molar-refractivity contribution in [3.8, 4) is 0 Å². The normalized spacial score (nSPS) is 30.6. The van der Waals surface area contributed by atoms with Crippen LogP contribution in [0.5, 0.6) is 0 Å². The molecule has 0 spiro atoms. The average Bonchev–Trinajstić information content (AvgIpc) is 3.01. The summed E-state index contributed by atoms with van der Waals surface area (Å²) in [7, 11) is 0. The van der Waals surface area contributed by atoms with Gasteiger partial charge in [0.1, 0.15) is 5.82 Å². The molecule has 21 heavy (non-hydrogen) atoms. The molecule has 2 aliphatic rings. The van der Waals surface area contributed by atoms with E-state index < -0.39 is 12.0 Å². The van der Waals surface area contributed by atoms with E-state index in [2.05, 4.69) is 22.0 Å². The summed E-state index contributed by atoms with van der Waals surface area (Å²) in [6, 6.07) is 0. The van der Waals surface area contributed by atoms with Crippen LogP contribution in [0.3, 0.4) is 0 Å². The summed E-state index contributed by atoms with van der Waals surface area (Å²) in [5.74, 6) is 0.110. The minimum absolute atomic E-state index is 0.0883. The fraction of sp³-hybridized carbons (Fsp3) is 0.846. The molecule has 8 heteroatoms. The van der Waals surface area contributed by atoms with Crippen LogP contribution >= 0.6 is 0 Å². The van der Waals surface area contributed by atoms with Gasteiger partial charge in [0.15, 0.2) is 0 Å². The largest absolute Gasteiger partial charge is 0.451 e. The second kappa shape index (κ2) is 4.95. The molecule has 0 bridgehead atoms. The molecule has 1 aliphatic carbocycles. The number of nitrogens with two attached hydrogens (primary N) is 1. The molecule has 2 atom stereocenters. The van der Waals surface area contributed by atoms with E-state index in [0.717, 1.165) is 19.3 Å². The van der Waals surface area contributed by atoms with E-state index in [1.54, 1.807) is 0 Å². The number of hydrogen-bond acceptors (Lipinski definition) is 4. The predicted molar refractivity (Wildman–Crippen MR) is 70.2 cm³/mol. The van der Waals surface area contributed by atoms with Crippen LogP contribution in [0.25, 0.3) is 0 Å². The average molecular weight is 303 g/mol. The Morgan fingerprint density at radius 2 is 2.10 bits per heavy atom. The SMILES string of the molecule is CC1CCC(CN)(N2CCn3c(nnc3C(F)(F)F)C2)C1. The minimum atomic E-state index is -4.44. The van der Waals surface area contributed by atoms with Crippen molar-refractivity contribution < 1.29 is 13.2 Å². The molecular weight excluding hydrogens is 283 g/mol. The Morgan fingerprint density at radius 3 is 2.67 bits per heavy atom. The molecule has 1 aromatic heterocycles. The van der Waals surface area contributed by atoms with E-state index in [1.807, 2.05) is 0 Å². The van der Waals surface area contributed by atoms with Gasteiger partial charge in [-0.15, -0.1) is 10.2 Å². The number of rotatable bonds is 2. The van der Waals surface area contributed by atoms with Crippen LogP contribution in [0, 0.1) is 5.92 Å². The zero-order valence-electron chi connectivity index (χ0n) is 12.0. The molecule has 1 fully saturated rings. The molecular formula is C13H20F3N5. The van der Waals surface area contributed by atoms with E-state index in [-0.39, 0.29) is 12.1 Å². The van der Waals surface area contributed by atoms with Gasteiger partial charge in [-0.3, -0.25) is 4.90 Å². The first kappa shape index (κ1) is 14.8. The first-order valence-corrected chi connectivity index (χ1v) is 7.30. The number of fused-ring (bicyclic) bond motifs is 1. The summed E-state index contributed by atoms with van der Waals surface area (Å²) in [6.45, 7) is 3.97. The minimum Gasteiger partial charge on any atom is -0.329 e. The van der Waals surface area contributed by atoms with Crippen molar-refractivity contribution >= 4 is 0 Å². The molecule has 1 aliphatic heterocycles. The van der Waals surface area contributed by atoms with Crippen LogP contribution in [-0.2, 0) is 19.3 Å². The van der Waals surface area contributed by atoms with E-state index in [1.165, 1.54) is 4.57 Å². The molecule has 0 radical (unpaired) electrons.